The molecule has 0 aliphatic carbocycles. The van der Waals surface area contributed by atoms with Crippen molar-refractivity contribution in [1.82, 2.24) is 0 Å². The maximum Gasteiger partial charge on any atom is 0.308 e. The molecular formula is C13H24O4. The molecule has 0 bridgehead atoms. The summed E-state index contributed by atoms with van der Waals surface area (Å²) in [5.41, 5.74) is 0. The van der Waals surface area contributed by atoms with Crippen molar-refractivity contribution >= 4 is 11.9 Å². The quantitative estimate of drug-likeness (QED) is 0.667. The van der Waals surface area contributed by atoms with Crippen LogP contribution in [0.5, 0.6) is 0 Å². The van der Waals surface area contributed by atoms with Gasteiger partial charge in [0.1, 0.15) is 0 Å². The summed E-state index contributed by atoms with van der Waals surface area (Å²) in [5.74, 6) is -0.743. The highest BCUT2D eigenvalue weighted by Gasteiger charge is 2.22. The molecule has 1 N–H and O–H groups in total. The zero-order valence-corrected chi connectivity index (χ0v) is 11.2. The lowest BCUT2D eigenvalue weighted by molar-refractivity contribution is -0.151. The fourth-order valence-corrected chi connectivity index (χ4v) is 1.57. The largest absolute Gasteiger partial charge is 0.481 e. The van der Waals surface area contributed by atoms with Gasteiger partial charge in [-0.1, -0.05) is 27.7 Å². The Morgan fingerprint density at radius 2 is 1.71 bits per heavy atom. The maximum absolute atomic E-state index is 11.8. The number of hydrogen-bond donors (Lipinski definition) is 1. The van der Waals surface area contributed by atoms with Gasteiger partial charge < -0.3 is 9.84 Å². The summed E-state index contributed by atoms with van der Waals surface area (Å²) in [6.45, 7) is 8.39. The van der Waals surface area contributed by atoms with Gasteiger partial charge in [-0.05, 0) is 24.7 Å². The van der Waals surface area contributed by atoms with E-state index in [1.54, 1.807) is 0 Å². The zero-order valence-electron chi connectivity index (χ0n) is 11.2. The van der Waals surface area contributed by atoms with Crippen LogP contribution in [0.3, 0.4) is 0 Å². The summed E-state index contributed by atoms with van der Waals surface area (Å²) >= 11 is 0. The van der Waals surface area contributed by atoms with E-state index in [9.17, 15) is 9.59 Å². The van der Waals surface area contributed by atoms with Crippen LogP contribution in [0.2, 0.25) is 0 Å². The van der Waals surface area contributed by atoms with Crippen LogP contribution in [0, 0.1) is 17.8 Å². The molecule has 17 heavy (non-hydrogen) atoms. The Morgan fingerprint density at radius 1 is 1.12 bits per heavy atom. The fraction of sp³-hybridized carbons (Fsp3) is 0.846. The highest BCUT2D eigenvalue weighted by molar-refractivity contribution is 5.74. The van der Waals surface area contributed by atoms with Gasteiger partial charge in [0.05, 0.1) is 12.5 Å². The van der Waals surface area contributed by atoms with Gasteiger partial charge in [-0.3, -0.25) is 9.59 Å². The van der Waals surface area contributed by atoms with Crippen molar-refractivity contribution in [3.8, 4) is 0 Å². The molecule has 0 saturated heterocycles. The van der Waals surface area contributed by atoms with Crippen LogP contribution >= 0.6 is 0 Å². The predicted octanol–water partition coefficient (Wildman–Crippen LogP) is 2.71. The molecule has 0 fully saturated rings. The molecule has 0 aromatic heterocycles. The average Bonchev–Trinajstić information content (AvgIpc) is 2.19. The number of hydrogen-bond acceptors (Lipinski definition) is 3. The van der Waals surface area contributed by atoms with E-state index in [4.69, 9.17) is 9.84 Å². The molecular weight excluding hydrogens is 220 g/mol. The number of aliphatic carboxylic acids is 1. The monoisotopic (exact) mass is 244 g/mol. The summed E-state index contributed by atoms with van der Waals surface area (Å²) in [5, 5.41) is 8.64. The number of carbonyl (C=O) groups excluding carboxylic acids is 1. The van der Waals surface area contributed by atoms with Crippen LogP contribution in [-0.4, -0.2) is 23.7 Å². The van der Waals surface area contributed by atoms with Gasteiger partial charge >= 0.3 is 11.9 Å². The Bertz CT molecular complexity index is 246. The summed E-state index contributed by atoms with van der Waals surface area (Å²) < 4.78 is 5.17. The first kappa shape index (κ1) is 15.9. The minimum Gasteiger partial charge on any atom is -0.481 e. The fourth-order valence-electron chi connectivity index (χ4n) is 1.57. The van der Waals surface area contributed by atoms with Gasteiger partial charge in [0, 0.05) is 6.42 Å². The van der Waals surface area contributed by atoms with E-state index in [0.29, 0.717) is 31.3 Å². The highest BCUT2D eigenvalue weighted by atomic mass is 16.5. The number of ether oxygens (including phenoxy) is 1. The van der Waals surface area contributed by atoms with Crippen LogP contribution in [-0.2, 0) is 14.3 Å². The lowest BCUT2D eigenvalue weighted by Gasteiger charge is -2.17. The summed E-state index contributed by atoms with van der Waals surface area (Å²) in [7, 11) is 0. The van der Waals surface area contributed by atoms with Crippen LogP contribution in [0.15, 0.2) is 0 Å². The molecule has 0 amide bonds. The number of esters is 1. The molecule has 4 nitrogen and oxygen atoms in total. The van der Waals surface area contributed by atoms with Gasteiger partial charge in [0.25, 0.3) is 0 Å². The lowest BCUT2D eigenvalue weighted by Crippen LogP contribution is -2.22. The second-order valence-corrected chi connectivity index (χ2v) is 5.28. The van der Waals surface area contributed by atoms with E-state index in [1.165, 1.54) is 0 Å². The molecule has 0 heterocycles. The SMILES string of the molecule is CC(C)COC(=O)C(CCC(=O)O)CC(C)C. The minimum atomic E-state index is -0.865. The first-order valence-electron chi connectivity index (χ1n) is 6.21. The number of carboxylic acids is 1. The molecule has 0 radical (unpaired) electrons. The van der Waals surface area contributed by atoms with Crippen molar-refractivity contribution in [2.24, 2.45) is 17.8 Å². The van der Waals surface area contributed by atoms with Crippen molar-refractivity contribution in [3.05, 3.63) is 0 Å². The van der Waals surface area contributed by atoms with Gasteiger partial charge in [-0.15, -0.1) is 0 Å². The Hall–Kier alpha value is -1.06. The van der Waals surface area contributed by atoms with E-state index < -0.39 is 5.97 Å². The lowest BCUT2D eigenvalue weighted by atomic mass is 9.93. The highest BCUT2D eigenvalue weighted by Crippen LogP contribution is 2.19. The number of carboxylic acid groups (broad SMARTS) is 1. The molecule has 1 unspecified atom stereocenters. The second kappa shape index (κ2) is 8.09. The van der Waals surface area contributed by atoms with Crippen molar-refractivity contribution in [1.29, 1.82) is 0 Å². The van der Waals surface area contributed by atoms with E-state index in [-0.39, 0.29) is 18.3 Å². The Kier molecular flexibility index (Phi) is 7.59. The van der Waals surface area contributed by atoms with Crippen molar-refractivity contribution < 1.29 is 19.4 Å². The smallest absolute Gasteiger partial charge is 0.308 e. The molecule has 100 valence electrons. The third-order valence-corrected chi connectivity index (χ3v) is 2.35. The van der Waals surface area contributed by atoms with E-state index in [0.717, 1.165) is 0 Å². The van der Waals surface area contributed by atoms with Crippen LogP contribution < -0.4 is 0 Å². The molecule has 0 spiro atoms. The molecule has 0 aliphatic rings. The Balaban J connectivity index is 4.24. The van der Waals surface area contributed by atoms with Crippen LogP contribution in [0.4, 0.5) is 0 Å². The molecule has 0 aromatic carbocycles. The minimum absolute atomic E-state index is 0.0220. The van der Waals surface area contributed by atoms with Gasteiger partial charge in [0.2, 0.25) is 0 Å². The Labute approximate surface area is 103 Å². The molecule has 0 aliphatic heterocycles. The summed E-state index contributed by atoms with van der Waals surface area (Å²) in [6.07, 6.45) is 1.07. The number of rotatable bonds is 8. The summed E-state index contributed by atoms with van der Waals surface area (Å²) in [6, 6.07) is 0. The molecule has 4 heteroatoms. The Morgan fingerprint density at radius 3 is 2.12 bits per heavy atom. The maximum atomic E-state index is 11.8. The standard InChI is InChI=1S/C13H24O4/c1-9(2)7-11(5-6-12(14)15)13(16)17-8-10(3)4/h9-11H,5-8H2,1-4H3,(H,14,15). The molecule has 1 atom stereocenters. The molecule has 0 saturated carbocycles. The first-order chi connectivity index (χ1) is 7.82. The van der Waals surface area contributed by atoms with Gasteiger partial charge in [-0.2, -0.15) is 0 Å². The second-order valence-electron chi connectivity index (χ2n) is 5.28. The third-order valence-electron chi connectivity index (χ3n) is 2.35. The zero-order chi connectivity index (χ0) is 13.4. The molecule has 0 rings (SSSR count). The predicted molar refractivity (Wildman–Crippen MR) is 65.6 cm³/mol. The number of carbonyl (C=O) groups is 2. The van der Waals surface area contributed by atoms with Crippen molar-refractivity contribution in [2.75, 3.05) is 6.61 Å². The third kappa shape index (κ3) is 8.72. The average molecular weight is 244 g/mol. The van der Waals surface area contributed by atoms with Gasteiger partial charge in [0.15, 0.2) is 0 Å². The van der Waals surface area contributed by atoms with Gasteiger partial charge in [-0.25, -0.2) is 0 Å². The summed E-state index contributed by atoms with van der Waals surface area (Å²) in [4.78, 5) is 22.3. The first-order valence-corrected chi connectivity index (χ1v) is 6.21. The van der Waals surface area contributed by atoms with E-state index >= 15 is 0 Å². The van der Waals surface area contributed by atoms with Crippen molar-refractivity contribution in [3.63, 3.8) is 0 Å². The topological polar surface area (TPSA) is 63.6 Å². The van der Waals surface area contributed by atoms with Crippen LogP contribution in [0.1, 0.15) is 47.0 Å². The van der Waals surface area contributed by atoms with E-state index in [2.05, 4.69) is 0 Å². The normalized spacial score (nSPS) is 12.8. The van der Waals surface area contributed by atoms with E-state index in [1.807, 2.05) is 27.7 Å². The van der Waals surface area contributed by atoms with Crippen LogP contribution in [0.25, 0.3) is 0 Å². The van der Waals surface area contributed by atoms with Crippen molar-refractivity contribution in [2.45, 2.75) is 47.0 Å². The molecule has 0 aromatic rings.